The maximum absolute atomic E-state index is 12.4. The van der Waals surface area contributed by atoms with E-state index >= 15 is 0 Å². The van der Waals surface area contributed by atoms with Crippen molar-refractivity contribution in [3.05, 3.63) is 0 Å². The van der Waals surface area contributed by atoms with Crippen molar-refractivity contribution in [2.75, 3.05) is 0 Å². The molecule has 0 aliphatic carbocycles. The summed E-state index contributed by atoms with van der Waals surface area (Å²) in [6.45, 7) is 4.19. The third kappa shape index (κ3) is 24.1. The largest absolute Gasteiger partial charge is 2.00 e. The van der Waals surface area contributed by atoms with Gasteiger partial charge in [-0.2, -0.15) is 0 Å². The topological polar surface area (TPSA) is 80.3 Å². The minimum absolute atomic E-state index is 0. The fourth-order valence-corrected chi connectivity index (χ4v) is 2.09. The zero-order valence-electron chi connectivity index (χ0n) is 15.7. The summed E-state index contributed by atoms with van der Waals surface area (Å²) in [5, 5.41) is 19.9. The molecule has 0 radical (unpaired) electrons. The van der Waals surface area contributed by atoms with Crippen LogP contribution in [0.15, 0.2) is 0 Å². The summed E-state index contributed by atoms with van der Waals surface area (Å²) in [6.07, 6.45) is 6.49. The molecule has 0 aromatic heterocycles. The Kier molecular flexibility index (Phi) is 26.4. The first kappa shape index (κ1) is 29.8. The molecule has 0 aliphatic rings. The average molecular weight is 391 g/mol. The van der Waals surface area contributed by atoms with E-state index in [-0.39, 0.29) is 50.6 Å². The zero-order chi connectivity index (χ0) is 18.8. The molecule has 0 heterocycles. The summed E-state index contributed by atoms with van der Waals surface area (Å²) >= 11 is 0. The van der Waals surface area contributed by atoms with Crippen LogP contribution in [0, 0.1) is 0 Å². The molecule has 2 atom stereocenters. The van der Waals surface area contributed by atoms with Crippen LogP contribution in [0.2, 0.25) is 0 Å². The number of carbonyl (C=O) groups excluding carboxylic acids is 2. The van der Waals surface area contributed by atoms with Crippen molar-refractivity contribution in [3.63, 3.8) is 0 Å². The van der Waals surface area contributed by atoms with Gasteiger partial charge in [0.1, 0.15) is 12.3 Å². The van der Waals surface area contributed by atoms with Gasteiger partial charge in [-0.15, -0.1) is 0 Å². The van der Waals surface area contributed by atoms with Gasteiger partial charge in [0, 0.05) is 0 Å². The number of carboxylic acids is 2. The van der Waals surface area contributed by atoms with Crippen LogP contribution in [0.4, 0.5) is 8.78 Å². The van der Waals surface area contributed by atoms with Gasteiger partial charge < -0.3 is 19.8 Å². The molecule has 0 saturated heterocycles. The number of alkyl halides is 2. The van der Waals surface area contributed by atoms with E-state index in [4.69, 9.17) is 0 Å². The summed E-state index contributed by atoms with van der Waals surface area (Å²) in [7, 11) is 0. The van der Waals surface area contributed by atoms with Crippen LogP contribution < -0.4 is 10.2 Å². The van der Waals surface area contributed by atoms with Crippen LogP contribution >= 0.6 is 0 Å². The fraction of sp³-hybridized carbons (Fsp3) is 0.889. The predicted molar refractivity (Wildman–Crippen MR) is 92.3 cm³/mol. The first-order valence-corrected chi connectivity index (χ1v) is 9.06. The maximum Gasteiger partial charge on any atom is 2.00 e. The molecule has 25 heavy (non-hydrogen) atoms. The molecular formula is C18H32CaF2O4. The van der Waals surface area contributed by atoms with Gasteiger partial charge in [-0.05, 0) is 12.8 Å². The first-order chi connectivity index (χ1) is 11.4. The Balaban J connectivity index is -0.000000372. The van der Waals surface area contributed by atoms with Crippen LogP contribution in [0.25, 0.3) is 0 Å². The molecule has 0 bridgehead atoms. The average Bonchev–Trinajstić information content (AvgIpc) is 2.54. The van der Waals surface area contributed by atoms with Gasteiger partial charge >= 0.3 is 37.7 Å². The Morgan fingerprint density at radius 3 is 1.20 bits per heavy atom. The number of hydrogen-bond acceptors (Lipinski definition) is 4. The van der Waals surface area contributed by atoms with E-state index in [1.165, 1.54) is 0 Å². The van der Waals surface area contributed by atoms with Crippen molar-refractivity contribution in [3.8, 4) is 0 Å². The molecular weight excluding hydrogens is 358 g/mol. The zero-order valence-corrected chi connectivity index (χ0v) is 17.9. The molecule has 0 saturated carbocycles. The molecule has 0 fully saturated rings. The van der Waals surface area contributed by atoms with E-state index in [1.807, 2.05) is 0 Å². The summed E-state index contributed by atoms with van der Waals surface area (Å²) in [4.78, 5) is 19.9. The van der Waals surface area contributed by atoms with Crippen molar-refractivity contribution in [2.45, 2.75) is 103 Å². The van der Waals surface area contributed by atoms with Crippen LogP contribution in [0.5, 0.6) is 0 Å². The van der Waals surface area contributed by atoms with E-state index in [0.717, 1.165) is 51.4 Å². The summed E-state index contributed by atoms with van der Waals surface area (Å²) < 4.78 is 24.7. The summed E-state index contributed by atoms with van der Waals surface area (Å²) in [5.74, 6) is -3.16. The van der Waals surface area contributed by atoms with E-state index in [1.54, 1.807) is 0 Å². The molecule has 7 heteroatoms. The maximum atomic E-state index is 12.4. The number of hydrogen-bond donors (Lipinski definition) is 0. The van der Waals surface area contributed by atoms with Crippen molar-refractivity contribution in [1.29, 1.82) is 0 Å². The second-order valence-corrected chi connectivity index (χ2v) is 5.98. The quantitative estimate of drug-likeness (QED) is 0.337. The monoisotopic (exact) mass is 390 g/mol. The van der Waals surface area contributed by atoms with Gasteiger partial charge in [0.2, 0.25) is 0 Å². The van der Waals surface area contributed by atoms with E-state index < -0.39 is 24.3 Å². The van der Waals surface area contributed by atoms with Crippen LogP contribution in [-0.2, 0) is 9.59 Å². The normalized spacial score (nSPS) is 12.3. The Hall–Kier alpha value is 0.0597. The molecule has 0 rings (SSSR count). The van der Waals surface area contributed by atoms with Gasteiger partial charge in [-0.25, -0.2) is 8.78 Å². The number of rotatable bonds is 14. The van der Waals surface area contributed by atoms with Gasteiger partial charge in [0.25, 0.3) is 0 Å². The third-order valence-electron chi connectivity index (χ3n) is 3.63. The molecule has 0 amide bonds. The van der Waals surface area contributed by atoms with Gasteiger partial charge in [-0.1, -0.05) is 78.1 Å². The van der Waals surface area contributed by atoms with Crippen molar-refractivity contribution in [1.82, 2.24) is 0 Å². The molecule has 0 spiro atoms. The van der Waals surface area contributed by atoms with Crippen LogP contribution in [0.1, 0.15) is 90.9 Å². The number of halogens is 2. The number of unbranched alkanes of at least 4 members (excludes halogenated alkanes) is 8. The van der Waals surface area contributed by atoms with Crippen LogP contribution in [-0.4, -0.2) is 62.0 Å². The van der Waals surface area contributed by atoms with Gasteiger partial charge in [0.05, 0.1) is 11.9 Å². The van der Waals surface area contributed by atoms with Crippen molar-refractivity contribution >= 4 is 49.7 Å². The molecule has 0 aromatic carbocycles. The minimum atomic E-state index is -1.77. The molecule has 2 unspecified atom stereocenters. The molecule has 0 aromatic rings. The standard InChI is InChI=1S/2C9H17FO2.Ca/c2*1-2-3-4-5-6-7-8(10)9(11)12;/h2*8H,2-7H2,1H3,(H,11,12);/q;;+2/p-2. The number of carboxylic acid groups (broad SMARTS) is 2. The Bertz CT molecular complexity index is 287. The third-order valence-corrected chi connectivity index (χ3v) is 3.63. The summed E-state index contributed by atoms with van der Waals surface area (Å²) in [6, 6.07) is 0. The first-order valence-electron chi connectivity index (χ1n) is 9.06. The molecule has 4 nitrogen and oxygen atoms in total. The predicted octanol–water partition coefficient (Wildman–Crippen LogP) is 2.49. The van der Waals surface area contributed by atoms with E-state index in [9.17, 15) is 28.6 Å². The van der Waals surface area contributed by atoms with Crippen LogP contribution in [0.3, 0.4) is 0 Å². The Labute approximate surface area is 180 Å². The van der Waals surface area contributed by atoms with Crippen molar-refractivity contribution < 1.29 is 28.6 Å². The Morgan fingerprint density at radius 1 is 0.680 bits per heavy atom. The molecule has 0 aliphatic heterocycles. The Morgan fingerprint density at radius 2 is 0.960 bits per heavy atom. The second kappa shape index (κ2) is 22.1. The number of aliphatic carboxylic acids is 2. The fourth-order valence-electron chi connectivity index (χ4n) is 2.09. The van der Waals surface area contributed by atoms with E-state index in [0.29, 0.717) is 12.8 Å². The van der Waals surface area contributed by atoms with E-state index in [2.05, 4.69) is 13.8 Å². The SMILES string of the molecule is CCCCCCCC(F)C(=O)[O-].CCCCCCCC(F)C(=O)[O-].[Ca+2]. The minimum Gasteiger partial charge on any atom is -0.547 e. The van der Waals surface area contributed by atoms with Gasteiger partial charge in [0.15, 0.2) is 0 Å². The molecule has 144 valence electrons. The van der Waals surface area contributed by atoms with Crippen molar-refractivity contribution in [2.24, 2.45) is 0 Å². The van der Waals surface area contributed by atoms with Gasteiger partial charge in [-0.3, -0.25) is 0 Å². The molecule has 0 N–H and O–H groups in total. The number of carbonyl (C=O) groups is 2. The summed E-state index contributed by atoms with van der Waals surface area (Å²) in [5.41, 5.74) is 0. The second-order valence-electron chi connectivity index (χ2n) is 5.98. The smallest absolute Gasteiger partial charge is 0.547 e.